The van der Waals surface area contributed by atoms with Crippen LogP contribution in [0.1, 0.15) is 25.7 Å². The summed E-state index contributed by atoms with van der Waals surface area (Å²) in [6, 6.07) is 0.855. The van der Waals surface area contributed by atoms with Crippen LogP contribution in [0.25, 0.3) is 0 Å². The number of amidine groups is 1. The van der Waals surface area contributed by atoms with Gasteiger partial charge in [-0.25, -0.2) is 0 Å². The molecule has 0 aromatic carbocycles. The molecule has 2 fully saturated rings. The fourth-order valence-corrected chi connectivity index (χ4v) is 2.08. The van der Waals surface area contributed by atoms with E-state index in [-0.39, 0.29) is 0 Å². The molecule has 1 saturated heterocycles. The summed E-state index contributed by atoms with van der Waals surface area (Å²) in [4.78, 5) is 2.53. The van der Waals surface area contributed by atoms with Gasteiger partial charge in [-0.3, -0.25) is 0 Å². The second-order valence-electron chi connectivity index (χ2n) is 4.07. The van der Waals surface area contributed by atoms with Gasteiger partial charge in [0, 0.05) is 12.0 Å². The van der Waals surface area contributed by atoms with Crippen molar-refractivity contribution in [3.63, 3.8) is 0 Å². The Morgan fingerprint density at radius 1 is 1.23 bits per heavy atom. The highest BCUT2D eigenvalue weighted by molar-refractivity contribution is 5.82. The molecule has 1 aliphatic carbocycles. The van der Waals surface area contributed by atoms with E-state index >= 15 is 0 Å². The van der Waals surface area contributed by atoms with Crippen LogP contribution in [0, 0.1) is 5.92 Å². The van der Waals surface area contributed by atoms with Crippen molar-refractivity contribution in [3.8, 4) is 0 Å². The van der Waals surface area contributed by atoms with E-state index in [9.17, 15) is 0 Å². The van der Waals surface area contributed by atoms with Gasteiger partial charge in [0.2, 0.25) is 0 Å². The molecule has 0 radical (unpaired) electrons. The second-order valence-corrected chi connectivity index (χ2v) is 4.07. The number of rotatable bonds is 2. The smallest absolute Gasteiger partial charge is 0.142 e. The molecule has 2 rings (SSSR count). The van der Waals surface area contributed by atoms with Crippen LogP contribution in [0.4, 0.5) is 0 Å². The first kappa shape index (κ1) is 8.81. The molecule has 2 aliphatic rings. The average molecular weight is 183 g/mol. The molecule has 4 nitrogen and oxygen atoms in total. The number of nitrogens with zero attached hydrogens (tertiary/aromatic N) is 2. The molecule has 13 heavy (non-hydrogen) atoms. The molecule has 0 amide bonds. The van der Waals surface area contributed by atoms with Crippen molar-refractivity contribution in [2.45, 2.75) is 31.7 Å². The van der Waals surface area contributed by atoms with Crippen molar-refractivity contribution in [1.82, 2.24) is 4.90 Å². The van der Waals surface area contributed by atoms with Gasteiger partial charge in [0.05, 0.1) is 0 Å². The van der Waals surface area contributed by atoms with E-state index in [1.165, 1.54) is 12.8 Å². The van der Waals surface area contributed by atoms with Crippen molar-refractivity contribution in [2.24, 2.45) is 16.8 Å². The summed E-state index contributed by atoms with van der Waals surface area (Å²) < 4.78 is 0. The van der Waals surface area contributed by atoms with Gasteiger partial charge >= 0.3 is 0 Å². The summed E-state index contributed by atoms with van der Waals surface area (Å²) in [7, 11) is 0. The number of likely N-dealkylation sites (tertiary alicyclic amines) is 1. The molecule has 0 spiro atoms. The lowest BCUT2D eigenvalue weighted by Gasteiger charge is -2.31. The lowest BCUT2D eigenvalue weighted by Crippen LogP contribution is -2.39. The molecule has 4 heteroatoms. The van der Waals surface area contributed by atoms with Crippen molar-refractivity contribution in [2.75, 3.05) is 13.1 Å². The number of hydrogen-bond acceptors (Lipinski definition) is 3. The maximum Gasteiger partial charge on any atom is 0.142 e. The zero-order valence-electron chi connectivity index (χ0n) is 7.82. The highest BCUT2D eigenvalue weighted by Gasteiger charge is 2.32. The Labute approximate surface area is 78.4 Å². The van der Waals surface area contributed by atoms with Crippen molar-refractivity contribution in [3.05, 3.63) is 0 Å². The molecule has 0 aromatic heterocycles. The zero-order valence-corrected chi connectivity index (χ0v) is 7.82. The first-order valence-corrected chi connectivity index (χ1v) is 5.02. The predicted molar refractivity (Wildman–Crippen MR) is 50.7 cm³/mol. The molecule has 1 heterocycles. The summed E-state index contributed by atoms with van der Waals surface area (Å²) in [6.45, 7) is 2.23. The van der Waals surface area contributed by atoms with E-state index in [1.54, 1.807) is 0 Å². The van der Waals surface area contributed by atoms with E-state index in [0.717, 1.165) is 32.0 Å². The normalized spacial score (nSPS) is 27.8. The third-order valence-electron chi connectivity index (χ3n) is 3.13. The molecule has 1 aliphatic heterocycles. The van der Waals surface area contributed by atoms with Crippen molar-refractivity contribution in [1.29, 1.82) is 0 Å². The molecule has 0 bridgehead atoms. The topological polar surface area (TPSA) is 61.9 Å². The minimum atomic E-state index is 0.306. The highest BCUT2D eigenvalue weighted by Crippen LogP contribution is 2.30. The minimum Gasteiger partial charge on any atom is -0.409 e. The van der Waals surface area contributed by atoms with Gasteiger partial charge in [0.25, 0.3) is 0 Å². The highest BCUT2D eigenvalue weighted by atomic mass is 16.4. The van der Waals surface area contributed by atoms with Crippen LogP contribution in [0.2, 0.25) is 0 Å². The second kappa shape index (κ2) is 3.54. The Bertz CT molecular complexity index is 205. The Balaban J connectivity index is 1.81. The first-order chi connectivity index (χ1) is 6.31. The maximum absolute atomic E-state index is 8.52. The van der Waals surface area contributed by atoms with Crippen LogP contribution >= 0.6 is 0 Å². The lowest BCUT2D eigenvalue weighted by atomic mass is 9.96. The molecule has 0 unspecified atom stereocenters. The number of piperidine rings is 1. The van der Waals surface area contributed by atoms with Gasteiger partial charge in [0.1, 0.15) is 5.84 Å². The third-order valence-corrected chi connectivity index (χ3v) is 3.13. The summed E-state index contributed by atoms with van der Waals surface area (Å²) in [5, 5.41) is 11.6. The molecule has 1 saturated carbocycles. The average Bonchev–Trinajstić information content (AvgIpc) is 3.00. The Morgan fingerprint density at radius 3 is 2.31 bits per heavy atom. The van der Waals surface area contributed by atoms with E-state index in [2.05, 4.69) is 10.1 Å². The number of hydrogen-bond donors (Lipinski definition) is 2. The summed E-state index contributed by atoms with van der Waals surface area (Å²) in [5.74, 6) is 0.718. The molecule has 74 valence electrons. The first-order valence-electron chi connectivity index (χ1n) is 5.02. The fourth-order valence-electron chi connectivity index (χ4n) is 2.08. The molecule has 0 atom stereocenters. The molecular weight excluding hydrogens is 166 g/mol. The minimum absolute atomic E-state index is 0.306. The molecule has 0 aromatic rings. The Hall–Kier alpha value is -0.770. The largest absolute Gasteiger partial charge is 0.409 e. The van der Waals surface area contributed by atoms with Crippen molar-refractivity contribution < 1.29 is 5.21 Å². The van der Waals surface area contributed by atoms with Crippen LogP contribution in [0.3, 0.4) is 0 Å². The van der Waals surface area contributed by atoms with Gasteiger partial charge < -0.3 is 15.8 Å². The van der Waals surface area contributed by atoms with E-state index in [1.807, 2.05) is 0 Å². The van der Waals surface area contributed by atoms with Crippen molar-refractivity contribution >= 4 is 5.84 Å². The van der Waals surface area contributed by atoms with E-state index < -0.39 is 0 Å². The van der Waals surface area contributed by atoms with Crippen LogP contribution in [-0.2, 0) is 0 Å². The number of nitrogens with two attached hydrogens (primary N) is 1. The maximum atomic E-state index is 8.52. The standard InChI is InChI=1S/C9H17N3O/c10-9(11-13)7-3-5-12(6-4-7)8-1-2-8/h7-8,13H,1-6H2,(H2,10,11). The monoisotopic (exact) mass is 183 g/mol. The van der Waals surface area contributed by atoms with E-state index in [0.29, 0.717) is 11.8 Å². The number of oxime groups is 1. The SMILES string of the molecule is N/C(=N\O)C1CCN(C2CC2)CC1. The summed E-state index contributed by atoms with van der Waals surface area (Å²) >= 11 is 0. The van der Waals surface area contributed by atoms with Crippen LogP contribution in [0.15, 0.2) is 5.16 Å². The van der Waals surface area contributed by atoms with E-state index in [4.69, 9.17) is 10.9 Å². The van der Waals surface area contributed by atoms with Gasteiger partial charge in [-0.05, 0) is 38.8 Å². The Morgan fingerprint density at radius 2 is 1.85 bits per heavy atom. The Kier molecular flexibility index (Phi) is 2.40. The third kappa shape index (κ3) is 1.94. The molecule has 3 N–H and O–H groups in total. The fraction of sp³-hybridized carbons (Fsp3) is 0.889. The zero-order chi connectivity index (χ0) is 9.26. The summed E-state index contributed by atoms with van der Waals surface area (Å²) in [6.07, 6.45) is 4.83. The quantitative estimate of drug-likeness (QED) is 0.285. The van der Waals surface area contributed by atoms with Gasteiger partial charge in [-0.15, -0.1) is 0 Å². The lowest BCUT2D eigenvalue weighted by molar-refractivity contribution is 0.197. The van der Waals surface area contributed by atoms with Gasteiger partial charge in [-0.1, -0.05) is 5.16 Å². The van der Waals surface area contributed by atoms with Crippen LogP contribution in [-0.4, -0.2) is 35.1 Å². The predicted octanol–water partition coefficient (Wildman–Crippen LogP) is 0.607. The van der Waals surface area contributed by atoms with Gasteiger partial charge in [-0.2, -0.15) is 0 Å². The molecular formula is C9H17N3O. The van der Waals surface area contributed by atoms with Crippen LogP contribution < -0.4 is 5.73 Å². The van der Waals surface area contributed by atoms with Gasteiger partial charge in [0.15, 0.2) is 0 Å². The summed E-state index contributed by atoms with van der Waals surface area (Å²) in [5.41, 5.74) is 5.57. The van der Waals surface area contributed by atoms with Crippen LogP contribution in [0.5, 0.6) is 0 Å².